The zero-order valence-corrected chi connectivity index (χ0v) is 15.1. The van der Waals surface area contributed by atoms with Gasteiger partial charge in [-0.15, -0.1) is 0 Å². The van der Waals surface area contributed by atoms with Crippen molar-refractivity contribution in [3.05, 3.63) is 89.0 Å². The molecule has 140 valence electrons. The van der Waals surface area contributed by atoms with Crippen LogP contribution in [-0.2, 0) is 19.9 Å². The Morgan fingerprint density at radius 1 is 1.15 bits per heavy atom. The fourth-order valence-corrected chi connectivity index (χ4v) is 2.98. The van der Waals surface area contributed by atoms with E-state index >= 15 is 0 Å². The van der Waals surface area contributed by atoms with Crippen LogP contribution in [0, 0.1) is 5.82 Å². The predicted molar refractivity (Wildman–Crippen MR) is 101 cm³/mol. The molecule has 5 nitrogen and oxygen atoms in total. The van der Waals surface area contributed by atoms with E-state index in [9.17, 15) is 14.3 Å². The van der Waals surface area contributed by atoms with Gasteiger partial charge in [0, 0.05) is 13.5 Å². The molecule has 6 heteroatoms. The number of aliphatic hydroxyl groups is 1. The zero-order chi connectivity index (χ0) is 19.2. The van der Waals surface area contributed by atoms with Gasteiger partial charge in [-0.05, 0) is 29.7 Å². The van der Waals surface area contributed by atoms with Crippen molar-refractivity contribution < 1.29 is 14.3 Å². The molecule has 2 aromatic carbocycles. The van der Waals surface area contributed by atoms with Crippen LogP contribution in [0.5, 0.6) is 0 Å². The monoisotopic (exact) mass is 367 g/mol. The van der Waals surface area contributed by atoms with Crippen LogP contribution in [0.2, 0.25) is 0 Å². The summed E-state index contributed by atoms with van der Waals surface area (Å²) < 4.78 is 14.7. The van der Waals surface area contributed by atoms with Crippen molar-refractivity contribution in [3.63, 3.8) is 0 Å². The lowest BCUT2D eigenvalue weighted by atomic mass is 10.0. The second kappa shape index (κ2) is 8.60. The molecule has 0 fully saturated rings. The van der Waals surface area contributed by atoms with Gasteiger partial charge >= 0.3 is 0 Å². The van der Waals surface area contributed by atoms with Gasteiger partial charge in [0.05, 0.1) is 30.1 Å². The van der Waals surface area contributed by atoms with Crippen molar-refractivity contribution in [2.45, 2.75) is 18.9 Å². The molecule has 0 saturated heterocycles. The number of aryl methyl sites for hydroxylation is 1. The number of carbonyl (C=O) groups is 1. The van der Waals surface area contributed by atoms with Gasteiger partial charge in [-0.2, -0.15) is 5.10 Å². The van der Waals surface area contributed by atoms with E-state index in [1.54, 1.807) is 30.1 Å². The minimum atomic E-state index is -0.465. The molecular weight excluding hydrogens is 345 g/mol. The quantitative estimate of drug-likeness (QED) is 0.674. The first-order valence-electron chi connectivity index (χ1n) is 8.77. The summed E-state index contributed by atoms with van der Waals surface area (Å²) in [7, 11) is 1.80. The fourth-order valence-electron chi connectivity index (χ4n) is 2.98. The summed E-state index contributed by atoms with van der Waals surface area (Å²) in [5.74, 6) is -0.598. The van der Waals surface area contributed by atoms with Crippen molar-refractivity contribution in [2.75, 3.05) is 6.61 Å². The van der Waals surface area contributed by atoms with Crippen LogP contribution >= 0.6 is 0 Å². The Kier molecular flexibility index (Phi) is 5.98. The van der Waals surface area contributed by atoms with E-state index < -0.39 is 6.04 Å². The normalized spacial score (nSPS) is 12.0. The SMILES string of the molecule is Cn1ncc(C(=O)NC(CO)Cc2ccc(F)cc2)c1Cc1ccccc1. The van der Waals surface area contributed by atoms with E-state index in [4.69, 9.17) is 0 Å². The van der Waals surface area contributed by atoms with Crippen molar-refractivity contribution >= 4 is 5.91 Å². The first-order chi connectivity index (χ1) is 13.1. The highest BCUT2D eigenvalue weighted by Gasteiger charge is 2.19. The lowest BCUT2D eigenvalue weighted by molar-refractivity contribution is 0.0915. The van der Waals surface area contributed by atoms with E-state index in [1.165, 1.54) is 12.1 Å². The van der Waals surface area contributed by atoms with Crippen LogP contribution in [0.4, 0.5) is 4.39 Å². The summed E-state index contributed by atoms with van der Waals surface area (Å²) in [4.78, 5) is 12.7. The highest BCUT2D eigenvalue weighted by molar-refractivity contribution is 5.95. The number of halogens is 1. The van der Waals surface area contributed by atoms with E-state index in [2.05, 4.69) is 10.4 Å². The standard InChI is InChI=1S/C21H22FN3O2/c1-25-20(12-15-5-3-2-4-6-15)19(13-23-25)21(27)24-18(14-26)11-16-7-9-17(22)10-8-16/h2-10,13,18,26H,11-12,14H2,1H3,(H,24,27). The summed E-state index contributed by atoms with van der Waals surface area (Å²) in [5.41, 5.74) is 3.21. The van der Waals surface area contributed by atoms with Gasteiger partial charge in [0.2, 0.25) is 0 Å². The van der Waals surface area contributed by atoms with Gasteiger partial charge in [0.15, 0.2) is 0 Å². The average Bonchev–Trinajstić information content (AvgIpc) is 3.04. The van der Waals surface area contributed by atoms with Crippen LogP contribution < -0.4 is 5.32 Å². The molecular formula is C21H22FN3O2. The van der Waals surface area contributed by atoms with E-state index in [-0.39, 0.29) is 18.3 Å². The number of amides is 1. The van der Waals surface area contributed by atoms with Crippen LogP contribution in [0.25, 0.3) is 0 Å². The van der Waals surface area contributed by atoms with Crippen molar-refractivity contribution in [1.82, 2.24) is 15.1 Å². The zero-order valence-electron chi connectivity index (χ0n) is 15.1. The second-order valence-electron chi connectivity index (χ2n) is 6.47. The summed E-state index contributed by atoms with van der Waals surface area (Å²) in [6.07, 6.45) is 2.54. The number of rotatable bonds is 7. The minimum Gasteiger partial charge on any atom is -0.394 e. The summed E-state index contributed by atoms with van der Waals surface area (Å²) in [5, 5.41) is 16.7. The smallest absolute Gasteiger partial charge is 0.255 e. The first-order valence-corrected chi connectivity index (χ1v) is 8.77. The lowest BCUT2D eigenvalue weighted by Crippen LogP contribution is -2.39. The van der Waals surface area contributed by atoms with E-state index in [0.717, 1.165) is 16.8 Å². The molecule has 0 saturated carbocycles. The number of benzene rings is 2. The Bertz CT molecular complexity index is 892. The minimum absolute atomic E-state index is 0.211. The first kappa shape index (κ1) is 18.8. The van der Waals surface area contributed by atoms with E-state index in [1.807, 2.05) is 30.3 Å². The molecule has 0 aliphatic heterocycles. The Morgan fingerprint density at radius 3 is 2.52 bits per heavy atom. The average molecular weight is 367 g/mol. The highest BCUT2D eigenvalue weighted by atomic mass is 19.1. The van der Waals surface area contributed by atoms with Crippen LogP contribution in [0.3, 0.4) is 0 Å². The molecule has 0 aliphatic carbocycles. The van der Waals surface area contributed by atoms with Crippen LogP contribution in [0.1, 0.15) is 27.2 Å². The van der Waals surface area contributed by atoms with Crippen molar-refractivity contribution in [3.8, 4) is 0 Å². The van der Waals surface area contributed by atoms with Crippen molar-refractivity contribution in [2.24, 2.45) is 7.05 Å². The second-order valence-corrected chi connectivity index (χ2v) is 6.47. The predicted octanol–water partition coefficient (Wildman–Crippen LogP) is 2.48. The molecule has 3 rings (SSSR count). The molecule has 2 N–H and O–H groups in total. The maximum absolute atomic E-state index is 13.0. The number of carbonyl (C=O) groups excluding carboxylic acids is 1. The van der Waals surface area contributed by atoms with Crippen LogP contribution in [0.15, 0.2) is 60.8 Å². The maximum atomic E-state index is 13.0. The van der Waals surface area contributed by atoms with Gasteiger partial charge < -0.3 is 10.4 Å². The number of hydrogen-bond donors (Lipinski definition) is 2. The molecule has 1 unspecified atom stereocenters. The van der Waals surface area contributed by atoms with Gasteiger partial charge in [0.25, 0.3) is 5.91 Å². The Labute approximate surface area is 157 Å². The van der Waals surface area contributed by atoms with Crippen molar-refractivity contribution in [1.29, 1.82) is 0 Å². The lowest BCUT2D eigenvalue weighted by Gasteiger charge is -2.17. The molecule has 1 aromatic heterocycles. The number of nitrogens with one attached hydrogen (secondary N) is 1. The number of hydrogen-bond acceptors (Lipinski definition) is 3. The molecule has 1 amide bonds. The third-order valence-corrected chi connectivity index (χ3v) is 4.47. The number of aliphatic hydroxyl groups excluding tert-OH is 1. The highest BCUT2D eigenvalue weighted by Crippen LogP contribution is 2.14. The van der Waals surface area contributed by atoms with Gasteiger partial charge in [-0.1, -0.05) is 42.5 Å². The third kappa shape index (κ3) is 4.80. The molecule has 0 spiro atoms. The van der Waals surface area contributed by atoms with Gasteiger partial charge in [-0.25, -0.2) is 4.39 Å². The molecule has 0 radical (unpaired) electrons. The molecule has 1 atom stereocenters. The third-order valence-electron chi connectivity index (χ3n) is 4.47. The fraction of sp³-hybridized carbons (Fsp3) is 0.238. The molecule has 27 heavy (non-hydrogen) atoms. The molecule has 0 bridgehead atoms. The number of nitrogens with zero attached hydrogens (tertiary/aromatic N) is 2. The summed E-state index contributed by atoms with van der Waals surface area (Å²) >= 11 is 0. The summed E-state index contributed by atoms with van der Waals surface area (Å²) in [6, 6.07) is 15.4. The van der Waals surface area contributed by atoms with Gasteiger partial charge in [-0.3, -0.25) is 9.48 Å². The largest absolute Gasteiger partial charge is 0.394 e. The molecule has 0 aliphatic rings. The topological polar surface area (TPSA) is 67.2 Å². The number of aromatic nitrogens is 2. The van der Waals surface area contributed by atoms with E-state index in [0.29, 0.717) is 18.4 Å². The van der Waals surface area contributed by atoms with Crippen LogP contribution in [-0.4, -0.2) is 33.4 Å². The Balaban J connectivity index is 1.72. The maximum Gasteiger partial charge on any atom is 0.255 e. The Hall–Kier alpha value is -2.99. The Morgan fingerprint density at radius 2 is 1.85 bits per heavy atom. The molecule has 3 aromatic rings. The molecule has 1 heterocycles. The summed E-state index contributed by atoms with van der Waals surface area (Å²) in [6.45, 7) is -0.211. The van der Waals surface area contributed by atoms with Gasteiger partial charge in [0.1, 0.15) is 5.82 Å².